The maximum Gasteiger partial charge on any atom is 0.224 e. The van der Waals surface area contributed by atoms with Crippen molar-refractivity contribution in [1.82, 2.24) is 10.2 Å². The summed E-state index contributed by atoms with van der Waals surface area (Å²) in [7, 11) is 0. The topological polar surface area (TPSA) is 32.3 Å². The maximum absolute atomic E-state index is 12.1. The summed E-state index contributed by atoms with van der Waals surface area (Å²) in [5.41, 5.74) is 4.09. The SMILES string of the molecule is O=C(Cc1ccc2c(c1)CCC2)NCCN1CCCCCC1. The number of hydrogen-bond donors (Lipinski definition) is 1. The lowest BCUT2D eigenvalue weighted by molar-refractivity contribution is -0.120. The molecule has 22 heavy (non-hydrogen) atoms. The van der Waals surface area contributed by atoms with E-state index in [0.717, 1.165) is 18.7 Å². The van der Waals surface area contributed by atoms with Gasteiger partial charge < -0.3 is 10.2 Å². The number of fused-ring (bicyclic) bond motifs is 1. The highest BCUT2D eigenvalue weighted by molar-refractivity contribution is 5.78. The fourth-order valence-corrected chi connectivity index (χ4v) is 3.70. The summed E-state index contributed by atoms with van der Waals surface area (Å²) in [5.74, 6) is 0.160. The van der Waals surface area contributed by atoms with Crippen molar-refractivity contribution < 1.29 is 4.79 Å². The van der Waals surface area contributed by atoms with Crippen molar-refractivity contribution in [3.8, 4) is 0 Å². The van der Waals surface area contributed by atoms with Crippen LogP contribution in [0.15, 0.2) is 18.2 Å². The minimum absolute atomic E-state index is 0.160. The van der Waals surface area contributed by atoms with Gasteiger partial charge in [0.1, 0.15) is 0 Å². The molecule has 3 rings (SSSR count). The number of benzene rings is 1. The summed E-state index contributed by atoms with van der Waals surface area (Å²) in [5, 5.41) is 3.09. The number of likely N-dealkylation sites (tertiary alicyclic amines) is 1. The van der Waals surface area contributed by atoms with Gasteiger partial charge in [0.15, 0.2) is 0 Å². The summed E-state index contributed by atoms with van der Waals surface area (Å²) in [6.07, 6.45) is 9.51. The van der Waals surface area contributed by atoms with Gasteiger partial charge in [-0.1, -0.05) is 31.0 Å². The zero-order valence-electron chi connectivity index (χ0n) is 13.6. The van der Waals surface area contributed by atoms with E-state index in [4.69, 9.17) is 0 Å². The lowest BCUT2D eigenvalue weighted by Crippen LogP contribution is -2.36. The predicted molar refractivity (Wildman–Crippen MR) is 90.1 cm³/mol. The number of nitrogens with zero attached hydrogens (tertiary/aromatic N) is 1. The number of hydrogen-bond acceptors (Lipinski definition) is 2. The first-order valence-corrected chi connectivity index (χ1v) is 8.91. The smallest absolute Gasteiger partial charge is 0.224 e. The molecule has 0 unspecified atom stereocenters. The van der Waals surface area contributed by atoms with Crippen LogP contribution in [-0.2, 0) is 24.1 Å². The van der Waals surface area contributed by atoms with Gasteiger partial charge in [0.05, 0.1) is 6.42 Å². The Morgan fingerprint density at radius 3 is 2.59 bits per heavy atom. The van der Waals surface area contributed by atoms with E-state index in [2.05, 4.69) is 28.4 Å². The Kier molecular flexibility index (Phi) is 5.49. The molecule has 1 aromatic rings. The van der Waals surface area contributed by atoms with Crippen molar-refractivity contribution in [1.29, 1.82) is 0 Å². The number of amides is 1. The minimum atomic E-state index is 0.160. The van der Waals surface area contributed by atoms with E-state index in [0.29, 0.717) is 6.42 Å². The average molecular weight is 300 g/mol. The van der Waals surface area contributed by atoms with E-state index in [1.807, 2.05) is 0 Å². The highest BCUT2D eigenvalue weighted by atomic mass is 16.1. The average Bonchev–Trinajstić information content (AvgIpc) is 2.82. The van der Waals surface area contributed by atoms with Gasteiger partial charge >= 0.3 is 0 Å². The molecule has 1 saturated heterocycles. The Hall–Kier alpha value is -1.35. The third-order valence-corrected chi connectivity index (χ3v) is 4.98. The Morgan fingerprint density at radius 2 is 1.77 bits per heavy atom. The number of rotatable bonds is 5. The molecule has 0 aromatic heterocycles. The van der Waals surface area contributed by atoms with Gasteiger partial charge in [-0.2, -0.15) is 0 Å². The van der Waals surface area contributed by atoms with Crippen LogP contribution in [0.3, 0.4) is 0 Å². The van der Waals surface area contributed by atoms with Gasteiger partial charge in [-0.25, -0.2) is 0 Å². The van der Waals surface area contributed by atoms with Gasteiger partial charge in [0.25, 0.3) is 0 Å². The van der Waals surface area contributed by atoms with Crippen LogP contribution in [0.25, 0.3) is 0 Å². The van der Waals surface area contributed by atoms with Crippen molar-refractivity contribution in [2.45, 2.75) is 51.4 Å². The van der Waals surface area contributed by atoms with Gasteiger partial charge in [0, 0.05) is 13.1 Å². The Bertz CT molecular complexity index is 504. The van der Waals surface area contributed by atoms with Crippen LogP contribution >= 0.6 is 0 Å². The molecule has 1 aliphatic carbocycles. The van der Waals surface area contributed by atoms with Crippen molar-refractivity contribution in [3.63, 3.8) is 0 Å². The molecule has 1 aromatic carbocycles. The molecule has 1 fully saturated rings. The fourth-order valence-electron chi connectivity index (χ4n) is 3.70. The number of aryl methyl sites for hydroxylation is 2. The molecule has 0 bridgehead atoms. The molecule has 0 atom stereocenters. The molecule has 1 heterocycles. The highest BCUT2D eigenvalue weighted by Gasteiger charge is 2.13. The lowest BCUT2D eigenvalue weighted by atomic mass is 10.0. The quantitative estimate of drug-likeness (QED) is 0.907. The first-order valence-electron chi connectivity index (χ1n) is 8.91. The third kappa shape index (κ3) is 4.33. The van der Waals surface area contributed by atoms with Crippen molar-refractivity contribution >= 4 is 5.91 Å². The van der Waals surface area contributed by atoms with Crippen LogP contribution in [-0.4, -0.2) is 37.0 Å². The largest absolute Gasteiger partial charge is 0.355 e. The van der Waals surface area contributed by atoms with E-state index in [1.165, 1.54) is 69.2 Å². The van der Waals surface area contributed by atoms with E-state index in [1.54, 1.807) is 0 Å². The molecule has 0 spiro atoms. The van der Waals surface area contributed by atoms with E-state index < -0.39 is 0 Å². The lowest BCUT2D eigenvalue weighted by Gasteiger charge is -2.19. The standard InChI is InChI=1S/C19H28N2O/c22-19(20-10-13-21-11-3-1-2-4-12-21)15-16-8-9-17-6-5-7-18(17)14-16/h8-9,14H,1-7,10-13,15H2,(H,20,22). The molecular weight excluding hydrogens is 272 g/mol. The Morgan fingerprint density at radius 1 is 1.00 bits per heavy atom. The molecule has 1 N–H and O–H groups in total. The van der Waals surface area contributed by atoms with Crippen molar-refractivity contribution in [2.75, 3.05) is 26.2 Å². The first kappa shape index (κ1) is 15.5. The highest BCUT2D eigenvalue weighted by Crippen LogP contribution is 2.22. The summed E-state index contributed by atoms with van der Waals surface area (Å²) in [6, 6.07) is 6.57. The summed E-state index contributed by atoms with van der Waals surface area (Å²) in [4.78, 5) is 14.6. The van der Waals surface area contributed by atoms with E-state index in [9.17, 15) is 4.79 Å². The van der Waals surface area contributed by atoms with Crippen molar-refractivity contribution in [2.24, 2.45) is 0 Å². The van der Waals surface area contributed by atoms with E-state index >= 15 is 0 Å². The molecule has 1 aliphatic heterocycles. The number of carbonyl (C=O) groups is 1. The number of carbonyl (C=O) groups excluding carboxylic acids is 1. The molecule has 2 aliphatic rings. The fraction of sp³-hybridized carbons (Fsp3) is 0.632. The van der Waals surface area contributed by atoms with Crippen LogP contribution in [0.2, 0.25) is 0 Å². The van der Waals surface area contributed by atoms with Crippen LogP contribution < -0.4 is 5.32 Å². The van der Waals surface area contributed by atoms with Gasteiger partial charge in [-0.3, -0.25) is 4.79 Å². The van der Waals surface area contributed by atoms with Crippen LogP contribution in [0.1, 0.15) is 48.8 Å². The van der Waals surface area contributed by atoms with Gasteiger partial charge in [-0.15, -0.1) is 0 Å². The summed E-state index contributed by atoms with van der Waals surface area (Å²) < 4.78 is 0. The van der Waals surface area contributed by atoms with Crippen LogP contribution in [0.5, 0.6) is 0 Å². The predicted octanol–water partition coefficient (Wildman–Crippen LogP) is 2.71. The first-order chi connectivity index (χ1) is 10.8. The second kappa shape index (κ2) is 7.77. The van der Waals surface area contributed by atoms with E-state index in [-0.39, 0.29) is 5.91 Å². The summed E-state index contributed by atoms with van der Waals surface area (Å²) >= 11 is 0. The Balaban J connectivity index is 1.40. The normalized spacial score (nSPS) is 18.7. The van der Waals surface area contributed by atoms with Crippen LogP contribution in [0.4, 0.5) is 0 Å². The molecule has 3 heteroatoms. The second-order valence-electron chi connectivity index (χ2n) is 6.74. The van der Waals surface area contributed by atoms with Crippen LogP contribution in [0, 0.1) is 0 Å². The molecular formula is C19H28N2O. The minimum Gasteiger partial charge on any atom is -0.355 e. The zero-order chi connectivity index (χ0) is 15.2. The monoisotopic (exact) mass is 300 g/mol. The number of nitrogens with one attached hydrogen (secondary N) is 1. The second-order valence-corrected chi connectivity index (χ2v) is 6.74. The zero-order valence-corrected chi connectivity index (χ0v) is 13.6. The maximum atomic E-state index is 12.1. The molecule has 120 valence electrons. The third-order valence-electron chi connectivity index (χ3n) is 4.98. The van der Waals surface area contributed by atoms with Gasteiger partial charge in [-0.05, 0) is 61.9 Å². The van der Waals surface area contributed by atoms with Gasteiger partial charge in [0.2, 0.25) is 5.91 Å². The Labute approximate surface area is 134 Å². The summed E-state index contributed by atoms with van der Waals surface area (Å²) in [6.45, 7) is 4.17. The molecule has 3 nitrogen and oxygen atoms in total. The van der Waals surface area contributed by atoms with Crippen molar-refractivity contribution in [3.05, 3.63) is 34.9 Å². The molecule has 0 saturated carbocycles. The molecule has 0 radical (unpaired) electrons. The molecule has 1 amide bonds.